The topological polar surface area (TPSA) is 75.6 Å². The van der Waals surface area contributed by atoms with Crippen molar-refractivity contribution < 1.29 is 4.79 Å². The number of anilines is 1. The first-order chi connectivity index (χ1) is 11.1. The lowest BCUT2D eigenvalue weighted by Crippen LogP contribution is -2.27. The van der Waals surface area contributed by atoms with E-state index in [9.17, 15) is 4.79 Å². The van der Waals surface area contributed by atoms with Gasteiger partial charge in [-0.15, -0.1) is 0 Å². The summed E-state index contributed by atoms with van der Waals surface area (Å²) < 4.78 is 2.08. The Morgan fingerprint density at radius 1 is 1.22 bits per heavy atom. The minimum Gasteiger partial charge on any atom is -0.348 e. The molecule has 6 heteroatoms. The number of hydrogen-bond acceptors (Lipinski definition) is 3. The lowest BCUT2D eigenvalue weighted by atomic mass is 9.88. The summed E-state index contributed by atoms with van der Waals surface area (Å²) in [5, 5.41) is 7.89. The number of H-pyrrole nitrogens is 1. The van der Waals surface area contributed by atoms with Gasteiger partial charge in [0, 0.05) is 23.6 Å². The Balaban J connectivity index is 1.80. The van der Waals surface area contributed by atoms with Gasteiger partial charge in [0.25, 0.3) is 0 Å². The maximum atomic E-state index is 12.3. The minimum atomic E-state index is 0.00217. The number of aromatic nitrogens is 4. The van der Waals surface area contributed by atoms with Gasteiger partial charge in [0.05, 0.1) is 23.8 Å². The van der Waals surface area contributed by atoms with Crippen molar-refractivity contribution in [2.24, 2.45) is 0 Å². The summed E-state index contributed by atoms with van der Waals surface area (Å²) in [4.78, 5) is 19.9. The quantitative estimate of drug-likeness (QED) is 0.894. The fourth-order valence-corrected chi connectivity index (χ4v) is 4.12. The van der Waals surface area contributed by atoms with Gasteiger partial charge in [-0.05, 0) is 26.7 Å². The average Bonchev–Trinajstić information content (AvgIpc) is 3.11. The highest BCUT2D eigenvalue weighted by Crippen LogP contribution is 2.42. The first-order valence-electron chi connectivity index (χ1n) is 8.54. The molecule has 0 spiro atoms. The van der Waals surface area contributed by atoms with Crippen molar-refractivity contribution in [1.82, 2.24) is 19.7 Å². The summed E-state index contributed by atoms with van der Waals surface area (Å²) >= 11 is 0. The number of rotatable bonds is 2. The Bertz CT molecular complexity index is 738. The van der Waals surface area contributed by atoms with Crippen molar-refractivity contribution >= 4 is 11.7 Å². The van der Waals surface area contributed by atoms with Crippen LogP contribution >= 0.6 is 0 Å². The Morgan fingerprint density at radius 3 is 2.70 bits per heavy atom. The number of nitrogens with zero attached hydrogens (tertiary/aromatic N) is 3. The molecule has 2 aliphatic rings. The zero-order chi connectivity index (χ0) is 16.0. The number of amides is 1. The zero-order valence-corrected chi connectivity index (χ0v) is 13.7. The van der Waals surface area contributed by atoms with E-state index < -0.39 is 0 Å². The van der Waals surface area contributed by atoms with Gasteiger partial charge >= 0.3 is 0 Å². The molecule has 0 unspecified atom stereocenters. The molecule has 1 fully saturated rings. The average molecular weight is 313 g/mol. The third-order valence-electron chi connectivity index (χ3n) is 5.25. The minimum absolute atomic E-state index is 0.00217. The predicted molar refractivity (Wildman–Crippen MR) is 87.5 cm³/mol. The lowest BCUT2D eigenvalue weighted by molar-refractivity contribution is -0.116. The Morgan fingerprint density at radius 2 is 2.00 bits per heavy atom. The van der Waals surface area contributed by atoms with Crippen LogP contribution in [0.15, 0.2) is 6.33 Å². The highest BCUT2D eigenvalue weighted by molar-refractivity contribution is 5.94. The molecule has 1 saturated carbocycles. The van der Waals surface area contributed by atoms with Gasteiger partial charge in [-0.3, -0.25) is 4.79 Å². The fourth-order valence-electron chi connectivity index (χ4n) is 4.12. The van der Waals surface area contributed by atoms with Crippen molar-refractivity contribution in [2.75, 3.05) is 5.32 Å². The SMILES string of the molecule is Cc1nn(C2CCCCC2)c2c1[C@@H](c1nc[nH]c1C)CC(=O)N2. The largest absolute Gasteiger partial charge is 0.348 e. The van der Waals surface area contributed by atoms with Crippen molar-refractivity contribution in [3.8, 4) is 0 Å². The van der Waals surface area contributed by atoms with E-state index in [0.29, 0.717) is 12.5 Å². The molecule has 1 aliphatic carbocycles. The second-order valence-corrected chi connectivity index (χ2v) is 6.80. The van der Waals surface area contributed by atoms with Crippen molar-refractivity contribution in [3.63, 3.8) is 0 Å². The third kappa shape index (κ3) is 2.36. The molecule has 6 nitrogen and oxygen atoms in total. The number of carbonyl (C=O) groups excluding carboxylic acids is 1. The van der Waals surface area contributed by atoms with Crippen LogP contribution in [0.3, 0.4) is 0 Å². The van der Waals surface area contributed by atoms with Gasteiger partial charge in [0.1, 0.15) is 5.82 Å². The second kappa shape index (κ2) is 5.51. The first-order valence-corrected chi connectivity index (χ1v) is 8.54. The summed E-state index contributed by atoms with van der Waals surface area (Å²) in [6, 6.07) is 0.408. The fraction of sp³-hybridized carbons (Fsp3) is 0.588. The maximum absolute atomic E-state index is 12.3. The summed E-state index contributed by atoms with van der Waals surface area (Å²) in [5.74, 6) is 0.960. The van der Waals surface area contributed by atoms with Crippen LogP contribution in [0, 0.1) is 13.8 Å². The number of carbonyl (C=O) groups is 1. The zero-order valence-electron chi connectivity index (χ0n) is 13.7. The number of aromatic amines is 1. The molecule has 2 aromatic heterocycles. The molecule has 1 atom stereocenters. The highest BCUT2D eigenvalue weighted by Gasteiger charge is 2.35. The molecule has 2 N–H and O–H groups in total. The van der Waals surface area contributed by atoms with Crippen LogP contribution in [0.5, 0.6) is 0 Å². The molecule has 2 aromatic rings. The standard InChI is InChI=1S/C17H23N5O/c1-10-15-13(16-11(2)18-9-19-16)8-14(23)20-17(15)22(21-10)12-6-4-3-5-7-12/h9,12-13H,3-8H2,1-2H3,(H,18,19)(H,20,23)/t13-/m0/s1. The molecule has 3 heterocycles. The van der Waals surface area contributed by atoms with E-state index in [-0.39, 0.29) is 11.8 Å². The van der Waals surface area contributed by atoms with E-state index in [1.165, 1.54) is 19.3 Å². The lowest BCUT2D eigenvalue weighted by Gasteiger charge is -2.27. The van der Waals surface area contributed by atoms with Crippen LogP contribution < -0.4 is 5.32 Å². The van der Waals surface area contributed by atoms with Gasteiger partial charge in [0.15, 0.2) is 0 Å². The van der Waals surface area contributed by atoms with E-state index >= 15 is 0 Å². The number of hydrogen-bond donors (Lipinski definition) is 2. The van der Waals surface area contributed by atoms with Crippen LogP contribution in [0.25, 0.3) is 0 Å². The van der Waals surface area contributed by atoms with Crippen molar-refractivity contribution in [2.45, 2.75) is 64.3 Å². The summed E-state index contributed by atoms with van der Waals surface area (Å²) in [7, 11) is 0. The number of imidazole rings is 1. The Kier molecular flexibility index (Phi) is 3.47. The molecule has 0 bridgehead atoms. The molecular formula is C17H23N5O. The van der Waals surface area contributed by atoms with Crippen LogP contribution in [0.2, 0.25) is 0 Å². The van der Waals surface area contributed by atoms with E-state index in [2.05, 4.69) is 20.0 Å². The summed E-state index contributed by atoms with van der Waals surface area (Å²) in [5.41, 5.74) is 4.15. The van der Waals surface area contributed by atoms with Crippen LogP contribution in [-0.2, 0) is 4.79 Å². The summed E-state index contributed by atoms with van der Waals surface area (Å²) in [6.07, 6.45) is 8.24. The molecule has 0 radical (unpaired) electrons. The molecular weight excluding hydrogens is 290 g/mol. The van der Waals surface area contributed by atoms with E-state index in [4.69, 9.17) is 5.10 Å². The van der Waals surface area contributed by atoms with Gasteiger partial charge in [-0.25, -0.2) is 9.67 Å². The second-order valence-electron chi connectivity index (χ2n) is 6.80. The third-order valence-corrected chi connectivity index (χ3v) is 5.25. The van der Waals surface area contributed by atoms with E-state index in [0.717, 1.165) is 41.3 Å². The van der Waals surface area contributed by atoms with E-state index in [1.807, 2.05) is 13.8 Å². The predicted octanol–water partition coefficient (Wildman–Crippen LogP) is 3.20. The molecule has 0 aromatic carbocycles. The smallest absolute Gasteiger partial charge is 0.226 e. The number of nitrogens with one attached hydrogen (secondary N) is 2. The molecule has 23 heavy (non-hydrogen) atoms. The Labute approximate surface area is 135 Å². The van der Waals surface area contributed by atoms with Crippen LogP contribution in [0.4, 0.5) is 5.82 Å². The van der Waals surface area contributed by atoms with Crippen molar-refractivity contribution in [1.29, 1.82) is 0 Å². The normalized spacial score (nSPS) is 22.0. The van der Waals surface area contributed by atoms with Gasteiger partial charge < -0.3 is 10.3 Å². The van der Waals surface area contributed by atoms with Gasteiger partial charge in [0.2, 0.25) is 5.91 Å². The van der Waals surface area contributed by atoms with E-state index in [1.54, 1.807) is 6.33 Å². The number of fused-ring (bicyclic) bond motifs is 1. The highest BCUT2D eigenvalue weighted by atomic mass is 16.1. The Hall–Kier alpha value is -2.11. The molecule has 122 valence electrons. The van der Waals surface area contributed by atoms with Crippen LogP contribution in [0.1, 0.15) is 73.1 Å². The van der Waals surface area contributed by atoms with Crippen LogP contribution in [-0.4, -0.2) is 25.7 Å². The molecule has 4 rings (SSSR count). The molecule has 1 aliphatic heterocycles. The maximum Gasteiger partial charge on any atom is 0.226 e. The molecule has 1 amide bonds. The van der Waals surface area contributed by atoms with Gasteiger partial charge in [-0.2, -0.15) is 5.10 Å². The van der Waals surface area contributed by atoms with Gasteiger partial charge in [-0.1, -0.05) is 19.3 Å². The monoisotopic (exact) mass is 313 g/mol. The number of aryl methyl sites for hydroxylation is 2. The first kappa shape index (κ1) is 14.5. The molecule has 0 saturated heterocycles. The van der Waals surface area contributed by atoms with Crippen molar-refractivity contribution in [3.05, 3.63) is 29.0 Å². The summed E-state index contributed by atoms with van der Waals surface area (Å²) in [6.45, 7) is 4.06.